The minimum absolute atomic E-state index is 0.00829. The molecule has 19 heavy (non-hydrogen) atoms. The number of nitrogens with one attached hydrogen (secondary N) is 2. The zero-order valence-electron chi connectivity index (χ0n) is 13.4. The molecule has 0 radical (unpaired) electrons. The Morgan fingerprint density at radius 1 is 0.737 bits per heavy atom. The molecule has 4 nitrogen and oxygen atoms in total. The SMILES string of the molecule is CC(C)(C)CCC(=O)NCNC(=O)CCC(C)(C)C. The van der Waals surface area contributed by atoms with E-state index in [1.807, 2.05) is 0 Å². The van der Waals surface area contributed by atoms with E-state index in [0.29, 0.717) is 12.8 Å². The molecule has 112 valence electrons. The van der Waals surface area contributed by atoms with Gasteiger partial charge < -0.3 is 10.6 Å². The molecule has 0 aliphatic heterocycles. The van der Waals surface area contributed by atoms with E-state index in [0.717, 1.165) is 12.8 Å². The van der Waals surface area contributed by atoms with Crippen LogP contribution in [0.2, 0.25) is 0 Å². The topological polar surface area (TPSA) is 58.2 Å². The van der Waals surface area contributed by atoms with Gasteiger partial charge in [-0.25, -0.2) is 0 Å². The monoisotopic (exact) mass is 270 g/mol. The van der Waals surface area contributed by atoms with Gasteiger partial charge in [-0.3, -0.25) is 9.59 Å². The van der Waals surface area contributed by atoms with E-state index in [2.05, 4.69) is 52.2 Å². The van der Waals surface area contributed by atoms with Gasteiger partial charge in [-0.1, -0.05) is 41.5 Å². The van der Waals surface area contributed by atoms with Crippen LogP contribution in [-0.2, 0) is 9.59 Å². The summed E-state index contributed by atoms with van der Waals surface area (Å²) in [5.74, 6) is -0.0166. The zero-order chi connectivity index (χ0) is 15.1. The molecule has 0 aliphatic carbocycles. The van der Waals surface area contributed by atoms with E-state index < -0.39 is 0 Å². The second-order valence-corrected chi connectivity index (χ2v) is 7.50. The maximum Gasteiger partial charge on any atom is 0.221 e. The lowest BCUT2D eigenvalue weighted by atomic mass is 9.90. The second-order valence-electron chi connectivity index (χ2n) is 7.50. The summed E-state index contributed by atoms with van der Waals surface area (Å²) in [6.45, 7) is 12.9. The third kappa shape index (κ3) is 13.2. The molecule has 0 fully saturated rings. The summed E-state index contributed by atoms with van der Waals surface area (Å²) >= 11 is 0. The molecule has 0 aromatic rings. The van der Waals surface area contributed by atoms with Crippen LogP contribution in [0.5, 0.6) is 0 Å². The van der Waals surface area contributed by atoms with Gasteiger partial charge in [0.15, 0.2) is 0 Å². The Kier molecular flexibility index (Phi) is 7.09. The lowest BCUT2D eigenvalue weighted by Crippen LogP contribution is -2.37. The second kappa shape index (κ2) is 7.51. The van der Waals surface area contributed by atoms with E-state index >= 15 is 0 Å². The van der Waals surface area contributed by atoms with E-state index in [4.69, 9.17) is 0 Å². The molecule has 0 aromatic carbocycles. The van der Waals surface area contributed by atoms with Crippen LogP contribution in [0, 0.1) is 10.8 Å². The number of hydrogen-bond acceptors (Lipinski definition) is 2. The fourth-order valence-electron chi connectivity index (χ4n) is 1.40. The van der Waals surface area contributed by atoms with Crippen molar-refractivity contribution in [3.05, 3.63) is 0 Å². The number of rotatable bonds is 6. The van der Waals surface area contributed by atoms with Crippen molar-refractivity contribution < 1.29 is 9.59 Å². The largest absolute Gasteiger partial charge is 0.339 e. The summed E-state index contributed by atoms with van der Waals surface area (Å²) in [5.41, 5.74) is 0.320. The van der Waals surface area contributed by atoms with E-state index in [1.165, 1.54) is 0 Å². The van der Waals surface area contributed by atoms with Gasteiger partial charge in [-0.2, -0.15) is 0 Å². The average Bonchev–Trinajstić information content (AvgIpc) is 2.22. The third-order valence-corrected chi connectivity index (χ3v) is 2.78. The van der Waals surface area contributed by atoms with Crippen molar-refractivity contribution >= 4 is 11.8 Å². The molecule has 4 heteroatoms. The van der Waals surface area contributed by atoms with Crippen molar-refractivity contribution in [2.24, 2.45) is 10.8 Å². The first-order chi connectivity index (χ1) is 8.49. The molecule has 0 rings (SSSR count). The summed E-state index contributed by atoms with van der Waals surface area (Å²) in [6, 6.07) is 0. The van der Waals surface area contributed by atoms with E-state index in [-0.39, 0.29) is 29.3 Å². The van der Waals surface area contributed by atoms with Gasteiger partial charge in [0.1, 0.15) is 0 Å². The molecule has 2 amide bonds. The molecule has 0 aromatic heterocycles. The number of carbonyl (C=O) groups is 2. The van der Waals surface area contributed by atoms with Crippen LogP contribution in [0.15, 0.2) is 0 Å². The van der Waals surface area contributed by atoms with Crippen LogP contribution in [0.3, 0.4) is 0 Å². The molecule has 2 N–H and O–H groups in total. The molecule has 0 atom stereocenters. The molecule has 0 heterocycles. The van der Waals surface area contributed by atoms with Crippen molar-refractivity contribution in [1.82, 2.24) is 10.6 Å². The standard InChI is InChI=1S/C15H30N2O2/c1-14(2,3)9-7-12(18)16-11-17-13(19)8-10-15(4,5)6/h7-11H2,1-6H3,(H,16,18)(H,17,19). The van der Waals surface area contributed by atoms with Crippen LogP contribution < -0.4 is 10.6 Å². The predicted molar refractivity (Wildman–Crippen MR) is 78.5 cm³/mol. The van der Waals surface area contributed by atoms with Gasteiger partial charge in [-0.05, 0) is 23.7 Å². The first-order valence-electron chi connectivity index (χ1n) is 7.03. The van der Waals surface area contributed by atoms with Crippen LogP contribution >= 0.6 is 0 Å². The molecule has 0 spiro atoms. The average molecular weight is 270 g/mol. The highest BCUT2D eigenvalue weighted by atomic mass is 16.2. The minimum Gasteiger partial charge on any atom is -0.339 e. The molecule has 0 unspecified atom stereocenters. The number of carbonyl (C=O) groups excluding carboxylic acids is 2. The number of hydrogen-bond donors (Lipinski definition) is 2. The maximum absolute atomic E-state index is 11.5. The van der Waals surface area contributed by atoms with Crippen molar-refractivity contribution in [2.75, 3.05) is 6.67 Å². The molecule has 0 saturated heterocycles. The lowest BCUT2D eigenvalue weighted by Gasteiger charge is -2.18. The van der Waals surface area contributed by atoms with E-state index in [1.54, 1.807) is 0 Å². The van der Waals surface area contributed by atoms with Gasteiger partial charge in [0.05, 0.1) is 6.67 Å². The van der Waals surface area contributed by atoms with Crippen molar-refractivity contribution in [3.63, 3.8) is 0 Å². The highest BCUT2D eigenvalue weighted by molar-refractivity contribution is 5.78. The van der Waals surface area contributed by atoms with Crippen LogP contribution in [0.25, 0.3) is 0 Å². The Hall–Kier alpha value is -1.06. The predicted octanol–water partition coefficient (Wildman–Crippen LogP) is 2.83. The minimum atomic E-state index is -0.00829. The summed E-state index contributed by atoms with van der Waals surface area (Å²) in [4.78, 5) is 23.1. The van der Waals surface area contributed by atoms with Gasteiger partial charge in [0.2, 0.25) is 11.8 Å². The highest BCUT2D eigenvalue weighted by Crippen LogP contribution is 2.20. The first kappa shape index (κ1) is 17.9. The van der Waals surface area contributed by atoms with Crippen LogP contribution in [0.4, 0.5) is 0 Å². The maximum atomic E-state index is 11.5. The normalized spacial score (nSPS) is 12.1. The first-order valence-corrected chi connectivity index (χ1v) is 7.03. The van der Waals surface area contributed by atoms with Gasteiger partial charge in [0, 0.05) is 12.8 Å². The molecular formula is C15H30N2O2. The fraction of sp³-hybridized carbons (Fsp3) is 0.867. The Balaban J connectivity index is 3.68. The Morgan fingerprint density at radius 3 is 1.32 bits per heavy atom. The lowest BCUT2D eigenvalue weighted by molar-refractivity contribution is -0.123. The number of amides is 2. The zero-order valence-corrected chi connectivity index (χ0v) is 13.4. The summed E-state index contributed by atoms with van der Waals surface area (Å²) < 4.78 is 0. The van der Waals surface area contributed by atoms with Gasteiger partial charge in [0.25, 0.3) is 0 Å². The van der Waals surface area contributed by atoms with Crippen molar-refractivity contribution in [1.29, 1.82) is 0 Å². The van der Waals surface area contributed by atoms with Crippen molar-refractivity contribution in [2.45, 2.75) is 67.2 Å². The molecule has 0 saturated carbocycles. The smallest absolute Gasteiger partial charge is 0.221 e. The molecular weight excluding hydrogens is 240 g/mol. The van der Waals surface area contributed by atoms with Gasteiger partial charge in [-0.15, -0.1) is 0 Å². The Morgan fingerprint density at radius 2 is 1.05 bits per heavy atom. The molecule has 0 aliphatic rings. The van der Waals surface area contributed by atoms with E-state index in [9.17, 15) is 9.59 Å². The summed E-state index contributed by atoms with van der Waals surface area (Å²) in [6.07, 6.45) is 2.69. The Bertz CT molecular complexity index is 268. The molecule has 0 bridgehead atoms. The highest BCUT2D eigenvalue weighted by Gasteiger charge is 2.14. The van der Waals surface area contributed by atoms with Gasteiger partial charge >= 0.3 is 0 Å². The summed E-state index contributed by atoms with van der Waals surface area (Å²) in [5, 5.41) is 5.42. The van der Waals surface area contributed by atoms with Crippen molar-refractivity contribution in [3.8, 4) is 0 Å². The third-order valence-electron chi connectivity index (χ3n) is 2.78. The van der Waals surface area contributed by atoms with Crippen LogP contribution in [0.1, 0.15) is 67.2 Å². The Labute approximate surface area is 117 Å². The summed E-state index contributed by atoms with van der Waals surface area (Å²) in [7, 11) is 0. The quantitative estimate of drug-likeness (QED) is 0.729. The van der Waals surface area contributed by atoms with Crippen LogP contribution in [-0.4, -0.2) is 18.5 Å². The fourth-order valence-corrected chi connectivity index (χ4v) is 1.40.